The van der Waals surface area contributed by atoms with Gasteiger partial charge in [-0.15, -0.1) is 0 Å². The van der Waals surface area contributed by atoms with Gasteiger partial charge in [-0.05, 0) is 0 Å². The highest BCUT2D eigenvalue weighted by Crippen LogP contribution is 1.66. The fraction of sp³-hybridized carbons (Fsp3) is 0.500. The largest absolute Gasteiger partial charge is 0.481 e. The third-order valence-electron chi connectivity index (χ3n) is 0.135. The summed E-state index contributed by atoms with van der Waals surface area (Å²) >= 11 is 3.42. The van der Waals surface area contributed by atoms with E-state index in [9.17, 15) is 4.79 Å². The van der Waals surface area contributed by atoms with Crippen LogP contribution in [0.3, 0.4) is 0 Å². The van der Waals surface area contributed by atoms with Crippen molar-refractivity contribution >= 4 is 18.6 Å². The second-order valence-electron chi connectivity index (χ2n) is 0.552. The molecule has 0 aliphatic heterocycles. The molecule has 0 fully saturated rings. The Labute approximate surface area is 53.0 Å². The summed E-state index contributed by atoms with van der Waals surface area (Å²) in [4.78, 5) is 9.29. The van der Waals surface area contributed by atoms with E-state index in [0.717, 1.165) is 0 Å². The molecule has 0 rings (SSSR count). The second kappa shape index (κ2) is 15.9. The maximum atomic E-state index is 9.29. The van der Waals surface area contributed by atoms with Gasteiger partial charge in [-0.2, -0.15) is 12.6 Å². The van der Waals surface area contributed by atoms with E-state index in [0.29, 0.717) is 0 Å². The normalized spacial score (nSPS) is 4.62. The van der Waals surface area contributed by atoms with Gasteiger partial charge in [-0.3, -0.25) is 4.79 Å². The Kier molecular flexibility index (Phi) is 50.2. The Balaban J connectivity index is -0.0000000267. The van der Waals surface area contributed by atoms with E-state index in [1.165, 1.54) is 0 Å². The van der Waals surface area contributed by atoms with E-state index in [4.69, 9.17) is 5.11 Å². The second-order valence-corrected chi connectivity index (χ2v) is 0.868. The molecule has 0 bridgehead atoms. The highest BCUT2D eigenvalue weighted by Gasteiger charge is 1.81. The zero-order chi connectivity index (χ0) is 4.28. The van der Waals surface area contributed by atoms with Crippen LogP contribution in [0.1, 0.15) is 0 Å². The predicted octanol–water partition coefficient (Wildman–Crippen LogP) is -0.500. The summed E-state index contributed by atoms with van der Waals surface area (Å²) in [5.41, 5.74) is 0. The van der Waals surface area contributed by atoms with Crippen LogP contribution in [0.15, 0.2) is 0 Å². The molecule has 8 heavy (non-hydrogen) atoms. The maximum absolute atomic E-state index is 9.29. The molecule has 0 amide bonds. The van der Waals surface area contributed by atoms with Crippen molar-refractivity contribution in [3.05, 3.63) is 0 Å². The lowest BCUT2D eigenvalue weighted by Gasteiger charge is -1.71. The van der Waals surface area contributed by atoms with Gasteiger partial charge in [0.05, 0.1) is 5.75 Å². The van der Waals surface area contributed by atoms with Gasteiger partial charge in [0, 0.05) is 0 Å². The molecule has 0 aromatic carbocycles. The minimum Gasteiger partial charge on any atom is -0.481 e. The summed E-state index contributed by atoms with van der Waals surface area (Å²) in [6.07, 6.45) is 0. The standard InChI is InChI=1S/C2H4O2S.2H3N.H2O/c3-2(4)1-5;;;/h5H,1H2,(H,3,4);2*1H3;1H2. The first-order chi connectivity index (χ1) is 2.27. The molecule has 0 saturated carbocycles. The molecule has 6 heteroatoms. The van der Waals surface area contributed by atoms with E-state index in [-0.39, 0.29) is 23.5 Å². The monoisotopic (exact) mass is 144 g/mol. The first kappa shape index (κ1) is 25.2. The quantitative estimate of drug-likeness (QED) is 0.368. The molecule has 54 valence electrons. The number of hydrogen-bond donors (Lipinski definition) is 4. The molecule has 0 unspecified atom stereocenters. The van der Waals surface area contributed by atoms with Gasteiger partial charge in [0.2, 0.25) is 0 Å². The highest BCUT2D eigenvalue weighted by atomic mass is 32.1. The van der Waals surface area contributed by atoms with Gasteiger partial charge < -0.3 is 22.9 Å². The molecular formula is C2H12N2O3S. The average Bonchev–Trinajstić information content (AvgIpc) is 1.38. The van der Waals surface area contributed by atoms with Gasteiger partial charge in [0.25, 0.3) is 0 Å². The average molecular weight is 144 g/mol. The lowest BCUT2D eigenvalue weighted by atomic mass is 10.8. The Hall–Kier alpha value is -0.300. The number of aliphatic carboxylic acids is 1. The maximum Gasteiger partial charge on any atom is 0.313 e. The zero-order valence-corrected chi connectivity index (χ0v) is 5.32. The van der Waals surface area contributed by atoms with Crippen molar-refractivity contribution in [1.82, 2.24) is 12.3 Å². The van der Waals surface area contributed by atoms with Crippen molar-refractivity contribution in [2.75, 3.05) is 5.75 Å². The summed E-state index contributed by atoms with van der Waals surface area (Å²) in [5.74, 6) is -0.965. The van der Waals surface area contributed by atoms with Crippen LogP contribution in [0.25, 0.3) is 0 Å². The summed E-state index contributed by atoms with van der Waals surface area (Å²) < 4.78 is 0. The number of thiol groups is 1. The van der Waals surface area contributed by atoms with E-state index in [1.807, 2.05) is 0 Å². The van der Waals surface area contributed by atoms with Crippen LogP contribution < -0.4 is 12.3 Å². The molecule has 0 aliphatic rings. The number of carboxylic acids is 1. The summed E-state index contributed by atoms with van der Waals surface area (Å²) in [6.45, 7) is 0. The van der Waals surface area contributed by atoms with Crippen LogP contribution in [-0.2, 0) is 4.79 Å². The van der Waals surface area contributed by atoms with Gasteiger partial charge in [-0.25, -0.2) is 0 Å². The first-order valence-corrected chi connectivity index (χ1v) is 1.73. The highest BCUT2D eigenvalue weighted by molar-refractivity contribution is 7.81. The van der Waals surface area contributed by atoms with Crippen LogP contribution in [-0.4, -0.2) is 22.3 Å². The van der Waals surface area contributed by atoms with Gasteiger partial charge in [0.15, 0.2) is 0 Å². The van der Waals surface area contributed by atoms with Crippen molar-refractivity contribution in [3.63, 3.8) is 0 Å². The van der Waals surface area contributed by atoms with Crippen LogP contribution in [0.2, 0.25) is 0 Å². The van der Waals surface area contributed by atoms with Crippen molar-refractivity contribution in [1.29, 1.82) is 0 Å². The Morgan fingerprint density at radius 2 is 1.62 bits per heavy atom. The molecule has 0 saturated heterocycles. The Morgan fingerprint density at radius 1 is 1.50 bits per heavy atom. The molecule has 0 radical (unpaired) electrons. The van der Waals surface area contributed by atoms with Crippen molar-refractivity contribution in [2.24, 2.45) is 0 Å². The zero-order valence-electron chi connectivity index (χ0n) is 4.42. The molecule has 0 aromatic rings. The SMILES string of the molecule is N.N.O.O=C(O)CS. The van der Waals surface area contributed by atoms with Gasteiger partial charge >= 0.3 is 5.97 Å². The van der Waals surface area contributed by atoms with E-state index < -0.39 is 5.97 Å². The van der Waals surface area contributed by atoms with Crippen LogP contribution >= 0.6 is 12.6 Å². The summed E-state index contributed by atoms with van der Waals surface area (Å²) in [6, 6.07) is 0. The van der Waals surface area contributed by atoms with E-state index in [1.54, 1.807) is 0 Å². The van der Waals surface area contributed by atoms with Crippen LogP contribution in [0, 0.1) is 0 Å². The molecule has 0 aromatic heterocycles. The molecular weight excluding hydrogens is 132 g/mol. The van der Waals surface area contributed by atoms with Crippen molar-refractivity contribution < 1.29 is 15.4 Å². The minimum atomic E-state index is -0.881. The third-order valence-corrected chi connectivity index (χ3v) is 0.406. The van der Waals surface area contributed by atoms with Crippen molar-refractivity contribution in [2.45, 2.75) is 0 Å². The fourth-order valence-electron chi connectivity index (χ4n) is 0. The molecule has 0 heterocycles. The van der Waals surface area contributed by atoms with E-state index in [2.05, 4.69) is 12.6 Å². The summed E-state index contributed by atoms with van der Waals surface area (Å²) in [5, 5.41) is 7.65. The lowest BCUT2D eigenvalue weighted by molar-refractivity contribution is -0.133. The number of carboxylic acid groups (broad SMARTS) is 1. The summed E-state index contributed by atoms with van der Waals surface area (Å²) in [7, 11) is 0. The number of rotatable bonds is 1. The lowest BCUT2D eigenvalue weighted by Crippen LogP contribution is -1.92. The number of hydrogen-bond acceptors (Lipinski definition) is 4. The van der Waals surface area contributed by atoms with E-state index >= 15 is 0 Å². The Morgan fingerprint density at radius 3 is 1.62 bits per heavy atom. The molecule has 0 spiro atoms. The minimum absolute atomic E-state index is 0. The third kappa shape index (κ3) is 43.6. The first-order valence-electron chi connectivity index (χ1n) is 1.10. The Bertz CT molecular complexity index is 50.5. The smallest absolute Gasteiger partial charge is 0.313 e. The fourth-order valence-corrected chi connectivity index (χ4v) is 0. The predicted molar refractivity (Wildman–Crippen MR) is 35.1 cm³/mol. The van der Waals surface area contributed by atoms with Crippen LogP contribution in [0.4, 0.5) is 0 Å². The molecule has 0 atom stereocenters. The molecule has 0 aliphatic carbocycles. The molecule has 9 N–H and O–H groups in total. The van der Waals surface area contributed by atoms with Gasteiger partial charge in [0.1, 0.15) is 0 Å². The van der Waals surface area contributed by atoms with Crippen LogP contribution in [0.5, 0.6) is 0 Å². The van der Waals surface area contributed by atoms with Gasteiger partial charge in [-0.1, -0.05) is 0 Å². The number of carbonyl (C=O) groups is 1. The topological polar surface area (TPSA) is 139 Å². The van der Waals surface area contributed by atoms with Crippen molar-refractivity contribution in [3.8, 4) is 0 Å². The molecule has 5 nitrogen and oxygen atoms in total.